The van der Waals surface area contributed by atoms with Crippen LogP contribution < -0.4 is 4.74 Å². The molecule has 106 valence electrons. The van der Waals surface area contributed by atoms with Gasteiger partial charge in [-0.15, -0.1) is 0 Å². The fourth-order valence-electron chi connectivity index (χ4n) is 2.06. The van der Waals surface area contributed by atoms with E-state index in [-0.39, 0.29) is 5.78 Å². The van der Waals surface area contributed by atoms with Crippen molar-refractivity contribution in [2.24, 2.45) is 0 Å². The summed E-state index contributed by atoms with van der Waals surface area (Å²) in [6.07, 6.45) is 0. The number of benzene rings is 2. The topological polar surface area (TPSA) is 50.1 Å². The molecule has 4 heteroatoms. The number of hydrogen-bond donors (Lipinski definition) is 0. The minimum absolute atomic E-state index is 0.114. The second-order valence-electron chi connectivity index (χ2n) is 4.85. The fourth-order valence-corrected chi connectivity index (χ4v) is 2.17. The highest BCUT2D eigenvalue weighted by molar-refractivity contribution is 6.32. The molecule has 0 radical (unpaired) electrons. The van der Waals surface area contributed by atoms with Gasteiger partial charge in [0.15, 0.2) is 5.78 Å². The highest BCUT2D eigenvalue weighted by Crippen LogP contribution is 2.31. The van der Waals surface area contributed by atoms with E-state index in [9.17, 15) is 4.79 Å². The molecule has 0 atom stereocenters. The van der Waals surface area contributed by atoms with Crippen LogP contribution in [0.4, 0.5) is 0 Å². The van der Waals surface area contributed by atoms with Gasteiger partial charge in [0.25, 0.3) is 0 Å². The van der Waals surface area contributed by atoms with Crippen LogP contribution in [0.3, 0.4) is 0 Å². The van der Waals surface area contributed by atoms with Gasteiger partial charge < -0.3 is 4.74 Å². The van der Waals surface area contributed by atoms with Crippen LogP contribution in [0.5, 0.6) is 11.5 Å². The number of ketones is 1. The maximum absolute atomic E-state index is 11.7. The third kappa shape index (κ3) is 3.24. The summed E-state index contributed by atoms with van der Waals surface area (Å²) < 4.78 is 5.80. The normalized spacial score (nSPS) is 10.0. The number of rotatable bonds is 3. The molecule has 0 aliphatic rings. The molecule has 0 fully saturated rings. The van der Waals surface area contributed by atoms with Gasteiger partial charge in [-0.1, -0.05) is 11.6 Å². The number of aryl methyl sites for hydroxylation is 2. The monoisotopic (exact) mass is 299 g/mol. The zero-order valence-electron chi connectivity index (χ0n) is 12.0. The Morgan fingerprint density at radius 1 is 1.19 bits per heavy atom. The lowest BCUT2D eigenvalue weighted by atomic mass is 10.1. The first-order valence-corrected chi connectivity index (χ1v) is 6.80. The van der Waals surface area contributed by atoms with Crippen LogP contribution in [0, 0.1) is 25.2 Å². The summed E-state index contributed by atoms with van der Waals surface area (Å²) in [4.78, 5) is 11.7. The predicted molar refractivity (Wildman–Crippen MR) is 82.2 cm³/mol. The van der Waals surface area contributed by atoms with Crippen molar-refractivity contribution in [3.8, 4) is 17.6 Å². The molecule has 0 aliphatic carbocycles. The van der Waals surface area contributed by atoms with E-state index < -0.39 is 0 Å². The van der Waals surface area contributed by atoms with E-state index in [1.807, 2.05) is 19.9 Å². The van der Waals surface area contributed by atoms with E-state index in [2.05, 4.69) is 0 Å². The molecule has 0 bridgehead atoms. The lowest BCUT2D eigenvalue weighted by Crippen LogP contribution is -1.98. The molecule has 2 aromatic carbocycles. The van der Waals surface area contributed by atoms with Gasteiger partial charge in [0.05, 0.1) is 17.2 Å². The summed E-state index contributed by atoms with van der Waals surface area (Å²) in [5, 5.41) is 9.67. The van der Waals surface area contributed by atoms with Crippen LogP contribution in [-0.4, -0.2) is 5.78 Å². The first kappa shape index (κ1) is 15.1. The van der Waals surface area contributed by atoms with Crippen LogP contribution in [0.25, 0.3) is 0 Å². The summed E-state index contributed by atoms with van der Waals surface area (Å²) in [5.74, 6) is 0.853. The van der Waals surface area contributed by atoms with Crippen LogP contribution in [0.1, 0.15) is 34.0 Å². The van der Waals surface area contributed by atoms with Crippen molar-refractivity contribution in [1.82, 2.24) is 0 Å². The average Bonchev–Trinajstić information content (AvgIpc) is 2.44. The summed E-state index contributed by atoms with van der Waals surface area (Å²) in [6, 6.07) is 10.4. The van der Waals surface area contributed by atoms with Crippen LogP contribution >= 0.6 is 11.6 Å². The van der Waals surface area contributed by atoms with Gasteiger partial charge in [0, 0.05) is 5.02 Å². The number of carbonyl (C=O) groups excluding carboxylic acids is 1. The van der Waals surface area contributed by atoms with Crippen molar-refractivity contribution in [2.75, 3.05) is 0 Å². The standard InChI is InChI=1S/C17H14ClNO2/c1-10-6-14(7-11(2)17(10)18)21-16-8-13(9-19)4-5-15(16)12(3)20/h4-8H,1-3H3. The molecular formula is C17H14ClNO2. The van der Waals surface area contributed by atoms with Crippen molar-refractivity contribution in [3.63, 3.8) is 0 Å². The Balaban J connectivity index is 2.48. The Labute approximate surface area is 128 Å². The summed E-state index contributed by atoms with van der Waals surface area (Å²) in [5.41, 5.74) is 2.68. The molecule has 0 spiro atoms. The highest BCUT2D eigenvalue weighted by Gasteiger charge is 2.12. The van der Waals surface area contributed by atoms with E-state index in [1.165, 1.54) is 6.92 Å². The molecule has 0 N–H and O–H groups in total. The molecular weight excluding hydrogens is 286 g/mol. The number of Topliss-reactive ketones (excluding diaryl/α,β-unsaturated/α-hetero) is 1. The SMILES string of the molecule is CC(=O)c1ccc(C#N)cc1Oc1cc(C)c(Cl)c(C)c1. The zero-order chi connectivity index (χ0) is 15.6. The number of halogens is 1. The third-order valence-corrected chi connectivity index (χ3v) is 3.72. The molecule has 3 nitrogen and oxygen atoms in total. The number of nitriles is 1. The van der Waals surface area contributed by atoms with Gasteiger partial charge in [-0.05, 0) is 62.2 Å². The number of carbonyl (C=O) groups is 1. The van der Waals surface area contributed by atoms with Crippen molar-refractivity contribution in [1.29, 1.82) is 5.26 Å². The van der Waals surface area contributed by atoms with Gasteiger partial charge in [0.1, 0.15) is 11.5 Å². The van der Waals surface area contributed by atoms with Gasteiger partial charge in [-0.25, -0.2) is 0 Å². The first-order chi connectivity index (χ1) is 9.92. The van der Waals surface area contributed by atoms with Gasteiger partial charge in [0.2, 0.25) is 0 Å². The minimum atomic E-state index is -0.114. The Morgan fingerprint density at radius 2 is 1.81 bits per heavy atom. The Bertz CT molecular complexity index is 737. The van der Waals surface area contributed by atoms with Crippen molar-refractivity contribution < 1.29 is 9.53 Å². The molecule has 0 unspecified atom stereocenters. The molecule has 0 saturated carbocycles. The molecule has 21 heavy (non-hydrogen) atoms. The molecule has 0 heterocycles. The lowest BCUT2D eigenvalue weighted by Gasteiger charge is -2.12. The second kappa shape index (κ2) is 5.99. The maximum atomic E-state index is 11.7. The zero-order valence-corrected chi connectivity index (χ0v) is 12.8. The Kier molecular flexibility index (Phi) is 4.30. The van der Waals surface area contributed by atoms with E-state index in [4.69, 9.17) is 21.6 Å². The highest BCUT2D eigenvalue weighted by atomic mass is 35.5. The van der Waals surface area contributed by atoms with E-state index in [1.54, 1.807) is 30.3 Å². The van der Waals surface area contributed by atoms with Crippen LogP contribution in [0.2, 0.25) is 5.02 Å². The third-order valence-electron chi connectivity index (χ3n) is 3.13. The quantitative estimate of drug-likeness (QED) is 0.763. The summed E-state index contributed by atoms with van der Waals surface area (Å²) in [7, 11) is 0. The minimum Gasteiger partial charge on any atom is -0.457 e. The summed E-state index contributed by atoms with van der Waals surface area (Å²) in [6.45, 7) is 5.24. The largest absolute Gasteiger partial charge is 0.457 e. The average molecular weight is 300 g/mol. The lowest BCUT2D eigenvalue weighted by molar-refractivity contribution is 0.101. The summed E-state index contributed by atoms with van der Waals surface area (Å²) >= 11 is 6.13. The van der Waals surface area contributed by atoms with Crippen LogP contribution in [0.15, 0.2) is 30.3 Å². The fraction of sp³-hybridized carbons (Fsp3) is 0.176. The smallest absolute Gasteiger partial charge is 0.163 e. The first-order valence-electron chi connectivity index (χ1n) is 6.42. The van der Waals surface area contributed by atoms with Gasteiger partial charge >= 0.3 is 0 Å². The van der Waals surface area contributed by atoms with E-state index >= 15 is 0 Å². The molecule has 0 aliphatic heterocycles. The Morgan fingerprint density at radius 3 is 2.33 bits per heavy atom. The molecule has 2 rings (SSSR count). The van der Waals surface area contributed by atoms with Crippen molar-refractivity contribution in [3.05, 3.63) is 57.6 Å². The Hall–Kier alpha value is -2.31. The number of ether oxygens (including phenoxy) is 1. The van der Waals surface area contributed by atoms with Gasteiger partial charge in [-0.2, -0.15) is 5.26 Å². The maximum Gasteiger partial charge on any atom is 0.163 e. The van der Waals surface area contributed by atoms with E-state index in [0.717, 1.165) is 11.1 Å². The molecule has 0 aromatic heterocycles. The number of nitrogens with zero attached hydrogens (tertiary/aromatic N) is 1. The van der Waals surface area contributed by atoms with Gasteiger partial charge in [-0.3, -0.25) is 4.79 Å². The molecule has 0 saturated heterocycles. The predicted octanol–water partition coefficient (Wildman–Crippen LogP) is 4.82. The molecule has 2 aromatic rings. The van der Waals surface area contributed by atoms with E-state index in [0.29, 0.717) is 27.6 Å². The number of hydrogen-bond acceptors (Lipinski definition) is 3. The van der Waals surface area contributed by atoms with Crippen LogP contribution in [-0.2, 0) is 0 Å². The second-order valence-corrected chi connectivity index (χ2v) is 5.23. The molecule has 0 amide bonds. The van der Waals surface area contributed by atoms with Crippen molar-refractivity contribution >= 4 is 17.4 Å². The van der Waals surface area contributed by atoms with Crippen molar-refractivity contribution in [2.45, 2.75) is 20.8 Å².